The summed E-state index contributed by atoms with van der Waals surface area (Å²) in [4.78, 5) is 68.3. The van der Waals surface area contributed by atoms with Gasteiger partial charge >= 0.3 is 40.9 Å². The minimum absolute atomic E-state index is 0. The molecule has 8 atom stereocenters. The molecule has 1 unspecified atom stereocenters. The molecule has 1 fully saturated rings. The molecule has 1 saturated heterocycles. The van der Waals surface area contributed by atoms with Gasteiger partial charge in [-0.05, 0) is 43.2 Å². The quantitative estimate of drug-likeness (QED) is 0.0440. The van der Waals surface area contributed by atoms with Gasteiger partial charge in [0.15, 0.2) is 17.7 Å². The van der Waals surface area contributed by atoms with Gasteiger partial charge in [-0.3, -0.25) is 18.9 Å². The average Bonchev–Trinajstić information content (AvgIpc) is 3.29. The van der Waals surface area contributed by atoms with Crippen LogP contribution in [0.2, 0.25) is 0 Å². The van der Waals surface area contributed by atoms with Crippen LogP contribution in [0.1, 0.15) is 17.4 Å². The third-order valence-electron chi connectivity index (χ3n) is 7.43. The Kier molecular flexibility index (Phi) is 13.5. The molecule has 4 heterocycles. The number of aryl methyl sites for hydroxylation is 2. The fourth-order valence-electron chi connectivity index (χ4n) is 4.78. The summed E-state index contributed by atoms with van der Waals surface area (Å²) < 4.78 is 22.2. The number of nitrogens with two attached hydrogens (primary N) is 1. The number of phosphoric acid groups is 1. The monoisotopic (exact) mass is 721 g/mol. The molecular formula is C26H33N7NaO14P. The number of rotatable bonds is 9. The van der Waals surface area contributed by atoms with Crippen molar-refractivity contribution in [2.24, 2.45) is 0 Å². The third kappa shape index (κ3) is 9.42. The van der Waals surface area contributed by atoms with Crippen molar-refractivity contribution in [1.29, 1.82) is 0 Å². The van der Waals surface area contributed by atoms with Crippen LogP contribution in [0.3, 0.4) is 0 Å². The minimum Gasteiger partial charge on any atom is -0.756 e. The molecule has 0 amide bonds. The van der Waals surface area contributed by atoms with Crippen LogP contribution < -0.4 is 57.1 Å². The van der Waals surface area contributed by atoms with Crippen LogP contribution in [0.15, 0.2) is 38.8 Å². The van der Waals surface area contributed by atoms with Crippen LogP contribution in [0.25, 0.3) is 22.6 Å². The molecule has 3 aliphatic heterocycles. The van der Waals surface area contributed by atoms with Gasteiger partial charge in [0.25, 0.3) is 13.4 Å². The Morgan fingerprint density at radius 3 is 2.33 bits per heavy atom. The fourth-order valence-corrected chi connectivity index (χ4v) is 5.13. The van der Waals surface area contributed by atoms with Crippen LogP contribution >= 0.6 is 7.82 Å². The summed E-state index contributed by atoms with van der Waals surface area (Å²) in [5, 5.41) is 58.6. The Morgan fingerprint density at radius 2 is 1.73 bits per heavy atom. The first kappa shape index (κ1) is 40.4. The molecular weight excluding hydrogens is 688 g/mol. The van der Waals surface area contributed by atoms with Gasteiger partial charge < -0.3 is 60.0 Å². The van der Waals surface area contributed by atoms with Crippen molar-refractivity contribution < 1.29 is 83.8 Å². The summed E-state index contributed by atoms with van der Waals surface area (Å²) in [7, 11) is -5.14. The minimum atomic E-state index is -5.14. The first-order valence-electron chi connectivity index (χ1n) is 14.0. The number of aliphatic hydroxyl groups excluding tert-OH is 6. The number of ether oxygens (including phenoxy) is 1. The molecule has 49 heavy (non-hydrogen) atoms. The largest absolute Gasteiger partial charge is 1.00 e. The molecule has 0 spiro atoms. The van der Waals surface area contributed by atoms with E-state index in [0.717, 1.165) is 15.7 Å². The van der Waals surface area contributed by atoms with Gasteiger partial charge in [-0.2, -0.15) is 9.97 Å². The maximum Gasteiger partial charge on any atom is 1.00 e. The van der Waals surface area contributed by atoms with Gasteiger partial charge in [0, 0.05) is 6.20 Å². The average molecular weight is 722 g/mol. The number of nitrogens with one attached hydrogen (secondary N) is 1. The van der Waals surface area contributed by atoms with Gasteiger partial charge in [-0.15, -0.1) is 0 Å². The summed E-state index contributed by atoms with van der Waals surface area (Å²) in [5.74, 6) is -0.0982. The Morgan fingerprint density at radius 1 is 1.08 bits per heavy atom. The van der Waals surface area contributed by atoms with E-state index in [9.17, 15) is 49.4 Å². The van der Waals surface area contributed by atoms with Crippen LogP contribution in [0.4, 0.5) is 5.82 Å². The zero-order valence-corrected chi connectivity index (χ0v) is 29.1. The normalized spacial score (nSPS) is 22.1. The predicted octanol–water partition coefficient (Wildman–Crippen LogP) is -7.80. The van der Waals surface area contributed by atoms with Crippen molar-refractivity contribution >= 4 is 24.7 Å². The Bertz CT molecular complexity index is 1970. The van der Waals surface area contributed by atoms with Crippen molar-refractivity contribution in [1.82, 2.24) is 29.1 Å². The second kappa shape index (κ2) is 16.4. The number of aliphatic hydroxyl groups is 6. The predicted molar refractivity (Wildman–Crippen MR) is 160 cm³/mol. The third-order valence-corrected chi connectivity index (χ3v) is 7.91. The van der Waals surface area contributed by atoms with Crippen molar-refractivity contribution in [2.75, 3.05) is 18.9 Å². The number of H-pyrrole nitrogens is 1. The molecule has 23 heteroatoms. The number of hydrogen-bond acceptors (Lipinski definition) is 17. The van der Waals surface area contributed by atoms with Gasteiger partial charge in [0.2, 0.25) is 0 Å². The number of anilines is 1. The van der Waals surface area contributed by atoms with E-state index in [-0.39, 0.29) is 46.9 Å². The number of aromatic nitrogens is 6. The number of hydrogen-bond donors (Lipinski definition) is 9. The molecule has 21 nitrogen and oxygen atoms in total. The Balaban J connectivity index is 0.000000305. The molecule has 2 aromatic rings. The zero-order chi connectivity index (χ0) is 35.7. The van der Waals surface area contributed by atoms with E-state index in [0.29, 0.717) is 11.0 Å². The van der Waals surface area contributed by atoms with Crippen LogP contribution in [0.5, 0.6) is 0 Å². The first-order valence-corrected chi connectivity index (χ1v) is 15.5. The molecule has 262 valence electrons. The number of phosphoric ester groups is 1. The molecule has 0 aliphatic carbocycles. The van der Waals surface area contributed by atoms with E-state index in [1.807, 2.05) is 18.8 Å². The Hall–Kier alpha value is -2.99. The number of nitrogen functional groups attached to an aromatic ring is 1. The fraction of sp³-hybridized carbons (Fsp3) is 0.462. The Labute approximate surface area is 297 Å². The topological polar surface area (TPSA) is 342 Å². The van der Waals surface area contributed by atoms with Gasteiger partial charge in [0.1, 0.15) is 42.4 Å². The summed E-state index contributed by atoms with van der Waals surface area (Å²) in [6, 6.07) is 4.77. The molecule has 10 N–H and O–H groups in total. The van der Waals surface area contributed by atoms with Crippen LogP contribution in [0, 0.1) is 13.8 Å². The zero-order valence-electron chi connectivity index (χ0n) is 26.2. The maximum atomic E-state index is 12.2. The summed E-state index contributed by atoms with van der Waals surface area (Å²) in [6.45, 7) is 1.75. The van der Waals surface area contributed by atoms with Crippen molar-refractivity contribution in [3.05, 3.63) is 66.8 Å². The number of benzene rings is 1. The molecule has 5 rings (SSSR count). The summed E-state index contributed by atoms with van der Waals surface area (Å²) in [5.41, 5.74) is 5.19. The number of nitrogens with zero attached hydrogens (tertiary/aromatic N) is 5. The number of fused-ring (bicyclic) bond motifs is 2. The van der Waals surface area contributed by atoms with E-state index in [2.05, 4.69) is 19.5 Å². The molecule has 1 aromatic heterocycles. The standard InChI is InChI=1S/C17H21N4O9P.C9H13N3O5.Na/c1-7-3-9-10(4-8(7)2)21(15-13(18-9)16(25)20-17(26)19-15)5-11(22)14(24)12(23)6-30-31(27,28)29;10-5-1-2-12(9(16)11-5)8-7(15)6(14)4(3-13)17-8;/h3-4,11-12,14,22-24H,5-6H2,1-2H3,(H,20,25,26)(H2,27,28,29);1-2,4,6-8,13-15H,3H2,(H2,10,11,16);/q;;+1/p-1/t11-,12+,14-;4-,6-,7-,8-;/m01./s1. The van der Waals surface area contributed by atoms with Gasteiger partial charge in [-0.25, -0.2) is 14.6 Å². The van der Waals surface area contributed by atoms with Crippen molar-refractivity contribution in [3.63, 3.8) is 0 Å². The summed E-state index contributed by atoms with van der Waals surface area (Å²) in [6.07, 6.45) is -8.75. The molecule has 0 saturated carbocycles. The van der Waals surface area contributed by atoms with Crippen molar-refractivity contribution in [2.45, 2.75) is 63.2 Å². The van der Waals surface area contributed by atoms with E-state index in [4.69, 9.17) is 20.5 Å². The maximum absolute atomic E-state index is 12.2. The molecule has 0 bridgehead atoms. The van der Waals surface area contributed by atoms with E-state index in [1.54, 1.807) is 12.1 Å². The first-order chi connectivity index (χ1) is 22.4. The molecule has 1 aromatic carbocycles. The van der Waals surface area contributed by atoms with E-state index >= 15 is 0 Å². The van der Waals surface area contributed by atoms with Crippen LogP contribution in [-0.2, 0) is 20.4 Å². The van der Waals surface area contributed by atoms with Gasteiger partial charge in [0.05, 0.1) is 30.8 Å². The smallest absolute Gasteiger partial charge is 0.756 e. The van der Waals surface area contributed by atoms with Crippen molar-refractivity contribution in [3.8, 4) is 11.5 Å². The van der Waals surface area contributed by atoms with Gasteiger partial charge in [-0.1, -0.05) is 0 Å². The molecule has 0 radical (unpaired) electrons. The SMILES string of the molecule is Cc1cc2nc3c(=O)[nH]c(=O)nc-3n(C[C@H](O)[C@H](O)[C@H](O)COP(=O)([O-])O)c2cc1C.Nc1ccn([C@@H]2O[C@H](CO)[C@@H](O)[C@H]2O)c(=O)n1.[Na+]. The number of aromatic amines is 1. The van der Waals surface area contributed by atoms with E-state index < -0.39 is 87.4 Å². The summed E-state index contributed by atoms with van der Waals surface area (Å²) >= 11 is 0. The second-order valence-electron chi connectivity index (χ2n) is 10.9. The van der Waals surface area contributed by atoms with Crippen LogP contribution in [-0.4, -0.2) is 114 Å². The second-order valence-corrected chi connectivity index (χ2v) is 12.0. The van der Waals surface area contributed by atoms with E-state index in [1.165, 1.54) is 16.8 Å². The molecule has 3 aliphatic rings.